The van der Waals surface area contributed by atoms with Gasteiger partial charge >= 0.3 is 0 Å². The van der Waals surface area contributed by atoms with Crippen molar-refractivity contribution in [2.24, 2.45) is 0 Å². The molecule has 0 aliphatic carbocycles. The molecule has 0 aliphatic heterocycles. The molecule has 1 aromatic carbocycles. The average molecular weight is 269 g/mol. The second kappa shape index (κ2) is 8.00. The van der Waals surface area contributed by atoms with Crippen molar-refractivity contribution < 1.29 is 9.13 Å². The molecule has 0 aromatic heterocycles. The molecule has 1 aromatic rings. The van der Waals surface area contributed by atoms with Gasteiger partial charge in [0.05, 0.1) is 11.7 Å². The highest BCUT2D eigenvalue weighted by atomic mass is 35.5. The van der Waals surface area contributed by atoms with Gasteiger partial charge in [-0.1, -0.05) is 25.2 Å². The van der Waals surface area contributed by atoms with Crippen LogP contribution in [0.15, 0.2) is 18.2 Å². The maximum Gasteiger partial charge on any atom is 0.135 e. The highest BCUT2D eigenvalue weighted by molar-refractivity contribution is 6.18. The molecule has 0 saturated heterocycles. The van der Waals surface area contributed by atoms with Crippen molar-refractivity contribution in [2.45, 2.75) is 39.2 Å². The quantitative estimate of drug-likeness (QED) is 0.569. The second-order valence-corrected chi connectivity index (χ2v) is 4.48. The molecule has 1 rings (SSSR count). The molecule has 0 radical (unpaired) electrons. The van der Waals surface area contributed by atoms with E-state index in [1.807, 2.05) is 6.92 Å². The number of ether oxygens (including phenoxy) is 1. The van der Waals surface area contributed by atoms with Gasteiger partial charge in [-0.25, -0.2) is 4.39 Å². The third-order valence-electron chi connectivity index (χ3n) is 2.41. The van der Waals surface area contributed by atoms with E-state index in [1.165, 1.54) is 12.1 Å². The van der Waals surface area contributed by atoms with E-state index in [1.54, 1.807) is 6.07 Å². The zero-order valence-electron chi connectivity index (χ0n) is 10.8. The topological polar surface area (TPSA) is 9.23 Å². The van der Waals surface area contributed by atoms with Gasteiger partial charge in [0.2, 0.25) is 0 Å². The third kappa shape index (κ3) is 4.98. The Morgan fingerprint density at radius 2 is 2.22 bits per heavy atom. The van der Waals surface area contributed by atoms with E-state index in [0.717, 1.165) is 12.8 Å². The molecule has 0 saturated carbocycles. The fraction of sp³-hybridized carbons (Fsp3) is 0.467. The number of halogens is 2. The van der Waals surface area contributed by atoms with Crippen LogP contribution in [0.5, 0.6) is 5.75 Å². The first-order valence-corrected chi connectivity index (χ1v) is 6.71. The largest absolute Gasteiger partial charge is 0.489 e. The Bertz CT molecular complexity index is 434. The van der Waals surface area contributed by atoms with Crippen LogP contribution in [0.4, 0.5) is 4.39 Å². The van der Waals surface area contributed by atoms with Gasteiger partial charge in [0, 0.05) is 12.3 Å². The number of hydrogen-bond donors (Lipinski definition) is 0. The van der Waals surface area contributed by atoms with Crippen molar-refractivity contribution in [2.75, 3.05) is 5.88 Å². The van der Waals surface area contributed by atoms with Gasteiger partial charge in [-0.2, -0.15) is 0 Å². The second-order valence-electron chi connectivity index (χ2n) is 4.10. The van der Waals surface area contributed by atoms with Gasteiger partial charge in [-0.05, 0) is 31.5 Å². The molecule has 0 spiro atoms. The lowest BCUT2D eigenvalue weighted by molar-refractivity contribution is 0.209. The van der Waals surface area contributed by atoms with Crippen molar-refractivity contribution >= 4 is 11.6 Å². The van der Waals surface area contributed by atoms with E-state index in [0.29, 0.717) is 23.6 Å². The summed E-state index contributed by atoms with van der Waals surface area (Å²) in [5, 5.41) is 0. The molecule has 1 unspecified atom stereocenters. The van der Waals surface area contributed by atoms with Crippen LogP contribution in [-0.2, 0) is 0 Å². The first-order chi connectivity index (χ1) is 8.67. The predicted octanol–water partition coefficient (Wildman–Crippen LogP) is 4.37. The minimum atomic E-state index is -0.305. The van der Waals surface area contributed by atoms with Crippen LogP contribution in [0.2, 0.25) is 0 Å². The summed E-state index contributed by atoms with van der Waals surface area (Å²) in [6.07, 6.45) is 2.71. The maximum atomic E-state index is 13.2. The van der Waals surface area contributed by atoms with Crippen LogP contribution in [0.3, 0.4) is 0 Å². The van der Waals surface area contributed by atoms with Crippen molar-refractivity contribution in [3.8, 4) is 17.6 Å². The van der Waals surface area contributed by atoms with Crippen molar-refractivity contribution in [1.29, 1.82) is 0 Å². The zero-order chi connectivity index (χ0) is 13.4. The molecule has 18 heavy (non-hydrogen) atoms. The average Bonchev–Trinajstić information content (AvgIpc) is 2.33. The first kappa shape index (κ1) is 14.9. The fourth-order valence-corrected chi connectivity index (χ4v) is 1.68. The first-order valence-electron chi connectivity index (χ1n) is 6.18. The summed E-state index contributed by atoms with van der Waals surface area (Å²) in [5.41, 5.74) is 0.586. The summed E-state index contributed by atoms with van der Waals surface area (Å²) in [7, 11) is 0. The summed E-state index contributed by atoms with van der Waals surface area (Å²) in [6, 6.07) is 4.42. The molecule has 3 heteroatoms. The SMILES string of the molecule is CCCC(C)Oc1ccc(F)cc1C#CCCCl. The summed E-state index contributed by atoms with van der Waals surface area (Å²) < 4.78 is 19.0. The van der Waals surface area contributed by atoms with Crippen LogP contribution in [0.1, 0.15) is 38.7 Å². The Labute approximate surface area is 113 Å². The zero-order valence-corrected chi connectivity index (χ0v) is 11.6. The lowest BCUT2D eigenvalue weighted by atomic mass is 10.2. The minimum Gasteiger partial charge on any atom is -0.489 e. The monoisotopic (exact) mass is 268 g/mol. The Morgan fingerprint density at radius 1 is 1.44 bits per heavy atom. The van der Waals surface area contributed by atoms with E-state index < -0.39 is 0 Å². The lowest BCUT2D eigenvalue weighted by Crippen LogP contribution is -2.11. The number of hydrogen-bond acceptors (Lipinski definition) is 1. The molecule has 98 valence electrons. The van der Waals surface area contributed by atoms with Gasteiger partial charge in [0.15, 0.2) is 0 Å². The van der Waals surface area contributed by atoms with E-state index in [2.05, 4.69) is 18.8 Å². The highest BCUT2D eigenvalue weighted by Crippen LogP contribution is 2.21. The van der Waals surface area contributed by atoms with E-state index in [9.17, 15) is 4.39 Å². The van der Waals surface area contributed by atoms with Gasteiger partial charge in [-0.15, -0.1) is 11.6 Å². The van der Waals surface area contributed by atoms with E-state index >= 15 is 0 Å². The van der Waals surface area contributed by atoms with Crippen LogP contribution < -0.4 is 4.74 Å². The van der Waals surface area contributed by atoms with Crippen molar-refractivity contribution in [1.82, 2.24) is 0 Å². The van der Waals surface area contributed by atoms with Crippen molar-refractivity contribution in [3.63, 3.8) is 0 Å². The molecular formula is C15H18ClFO. The molecule has 1 atom stereocenters. The Balaban J connectivity index is 2.86. The highest BCUT2D eigenvalue weighted by Gasteiger charge is 2.07. The van der Waals surface area contributed by atoms with Gasteiger partial charge in [0.25, 0.3) is 0 Å². The molecule has 0 heterocycles. The van der Waals surface area contributed by atoms with Crippen LogP contribution in [0.25, 0.3) is 0 Å². The fourth-order valence-electron chi connectivity index (χ4n) is 1.59. The Kier molecular flexibility index (Phi) is 6.60. The van der Waals surface area contributed by atoms with Gasteiger partial charge in [0.1, 0.15) is 11.6 Å². The number of rotatable bonds is 5. The van der Waals surface area contributed by atoms with Crippen LogP contribution in [-0.4, -0.2) is 12.0 Å². The Hall–Kier alpha value is -1.20. The molecule has 0 amide bonds. The number of alkyl halides is 1. The van der Waals surface area contributed by atoms with E-state index in [-0.39, 0.29) is 11.9 Å². The standard InChI is InChI=1S/C15H18ClFO/c1-3-6-12(2)18-15-9-8-14(17)11-13(15)7-4-5-10-16/h8-9,11-12H,3,5-6,10H2,1-2H3. The summed E-state index contributed by atoms with van der Waals surface area (Å²) in [4.78, 5) is 0. The molecular weight excluding hydrogens is 251 g/mol. The molecule has 0 fully saturated rings. The smallest absolute Gasteiger partial charge is 0.135 e. The molecule has 0 N–H and O–H groups in total. The minimum absolute atomic E-state index is 0.106. The lowest BCUT2D eigenvalue weighted by Gasteiger charge is -2.15. The predicted molar refractivity (Wildman–Crippen MR) is 73.6 cm³/mol. The van der Waals surface area contributed by atoms with Gasteiger partial charge in [-0.3, -0.25) is 0 Å². The molecule has 1 nitrogen and oxygen atoms in total. The normalized spacial score (nSPS) is 11.6. The van der Waals surface area contributed by atoms with Crippen LogP contribution >= 0.6 is 11.6 Å². The van der Waals surface area contributed by atoms with Crippen LogP contribution in [0, 0.1) is 17.7 Å². The third-order valence-corrected chi connectivity index (χ3v) is 2.60. The maximum absolute atomic E-state index is 13.2. The van der Waals surface area contributed by atoms with E-state index in [4.69, 9.17) is 16.3 Å². The molecule has 0 aliphatic rings. The summed E-state index contributed by atoms with van der Waals surface area (Å²) >= 11 is 5.56. The van der Waals surface area contributed by atoms with Crippen molar-refractivity contribution in [3.05, 3.63) is 29.6 Å². The summed E-state index contributed by atoms with van der Waals surface area (Å²) in [6.45, 7) is 4.11. The summed E-state index contributed by atoms with van der Waals surface area (Å²) in [5.74, 6) is 6.61. The van der Waals surface area contributed by atoms with Gasteiger partial charge < -0.3 is 4.74 Å². The Morgan fingerprint density at radius 3 is 2.89 bits per heavy atom. The molecule has 0 bridgehead atoms. The number of benzene rings is 1.